The second-order valence-electron chi connectivity index (χ2n) is 4.04. The fourth-order valence-electron chi connectivity index (χ4n) is 1.79. The van der Waals surface area contributed by atoms with Gasteiger partial charge in [-0.25, -0.2) is 9.37 Å². The van der Waals surface area contributed by atoms with Crippen molar-refractivity contribution in [2.24, 2.45) is 0 Å². The van der Waals surface area contributed by atoms with Crippen LogP contribution in [0.4, 0.5) is 15.9 Å². The molecular weight excluding hydrogens is 231 g/mol. The van der Waals surface area contributed by atoms with Crippen molar-refractivity contribution < 1.29 is 4.39 Å². The molecule has 0 fully saturated rings. The number of aryl methyl sites for hydroxylation is 1. The molecule has 0 atom stereocenters. The zero-order valence-corrected chi connectivity index (χ0v) is 9.76. The Morgan fingerprint density at radius 2 is 2.06 bits per heavy atom. The van der Waals surface area contributed by atoms with Gasteiger partial charge in [-0.05, 0) is 30.7 Å². The number of anilines is 2. The highest BCUT2D eigenvalue weighted by Crippen LogP contribution is 2.20. The van der Waals surface area contributed by atoms with Crippen molar-refractivity contribution >= 4 is 17.2 Å². The van der Waals surface area contributed by atoms with Crippen molar-refractivity contribution in [2.45, 2.75) is 6.92 Å². The summed E-state index contributed by atoms with van der Waals surface area (Å²) < 4.78 is 15.4. The average molecular weight is 242 g/mol. The maximum atomic E-state index is 13.8. The Hall–Kier alpha value is -2.43. The zero-order chi connectivity index (χ0) is 12.5. The monoisotopic (exact) mass is 242 g/mol. The lowest BCUT2D eigenvalue weighted by molar-refractivity contribution is 0.630. The number of halogens is 1. The summed E-state index contributed by atoms with van der Waals surface area (Å²) in [6.07, 6.45) is 3.31. The SMILES string of the molecule is Cc1ccc(Nc2ccnc3ccnn23)c(F)c1. The van der Waals surface area contributed by atoms with Crippen LogP contribution in [0.25, 0.3) is 5.65 Å². The number of benzene rings is 1. The molecule has 2 heterocycles. The first-order valence-corrected chi connectivity index (χ1v) is 5.56. The van der Waals surface area contributed by atoms with Crippen molar-refractivity contribution in [3.63, 3.8) is 0 Å². The maximum Gasteiger partial charge on any atom is 0.157 e. The number of hydrogen-bond acceptors (Lipinski definition) is 3. The minimum absolute atomic E-state index is 0.285. The molecule has 0 bridgehead atoms. The van der Waals surface area contributed by atoms with Crippen LogP contribution in [0.15, 0.2) is 42.7 Å². The number of fused-ring (bicyclic) bond motifs is 1. The lowest BCUT2D eigenvalue weighted by Crippen LogP contribution is -2.02. The Kier molecular flexibility index (Phi) is 2.44. The van der Waals surface area contributed by atoms with Gasteiger partial charge in [-0.3, -0.25) is 0 Å². The molecule has 0 saturated heterocycles. The van der Waals surface area contributed by atoms with Gasteiger partial charge in [0.05, 0.1) is 11.9 Å². The lowest BCUT2D eigenvalue weighted by Gasteiger charge is -2.09. The summed E-state index contributed by atoms with van der Waals surface area (Å²) in [5, 5.41) is 7.15. The van der Waals surface area contributed by atoms with Crippen molar-refractivity contribution in [1.82, 2.24) is 14.6 Å². The van der Waals surface area contributed by atoms with E-state index < -0.39 is 0 Å². The van der Waals surface area contributed by atoms with E-state index in [2.05, 4.69) is 15.4 Å². The number of rotatable bonds is 2. The second kappa shape index (κ2) is 4.10. The van der Waals surface area contributed by atoms with Gasteiger partial charge in [0.25, 0.3) is 0 Å². The quantitative estimate of drug-likeness (QED) is 0.751. The van der Waals surface area contributed by atoms with Gasteiger partial charge in [0, 0.05) is 12.3 Å². The van der Waals surface area contributed by atoms with E-state index in [0.717, 1.165) is 5.56 Å². The Morgan fingerprint density at radius 3 is 2.89 bits per heavy atom. The molecule has 0 saturated carbocycles. The molecule has 90 valence electrons. The average Bonchev–Trinajstić information content (AvgIpc) is 2.82. The second-order valence-corrected chi connectivity index (χ2v) is 4.04. The summed E-state index contributed by atoms with van der Waals surface area (Å²) in [7, 11) is 0. The number of hydrogen-bond donors (Lipinski definition) is 1. The van der Waals surface area contributed by atoms with Crippen molar-refractivity contribution in [3.8, 4) is 0 Å². The first kappa shape index (κ1) is 10.7. The summed E-state index contributed by atoms with van der Waals surface area (Å²) in [5.41, 5.74) is 2.02. The molecule has 0 unspecified atom stereocenters. The van der Waals surface area contributed by atoms with Crippen LogP contribution in [0.3, 0.4) is 0 Å². The van der Waals surface area contributed by atoms with E-state index in [9.17, 15) is 4.39 Å². The van der Waals surface area contributed by atoms with E-state index in [1.807, 2.05) is 13.0 Å². The van der Waals surface area contributed by atoms with E-state index in [1.165, 1.54) is 6.07 Å². The predicted molar refractivity (Wildman–Crippen MR) is 67.4 cm³/mol. The lowest BCUT2D eigenvalue weighted by atomic mass is 10.2. The molecule has 0 aliphatic rings. The van der Waals surface area contributed by atoms with E-state index in [1.54, 1.807) is 35.1 Å². The highest BCUT2D eigenvalue weighted by atomic mass is 19.1. The third-order valence-corrected chi connectivity index (χ3v) is 2.68. The molecule has 2 aromatic heterocycles. The molecule has 1 aromatic carbocycles. The Balaban J connectivity index is 2.03. The largest absolute Gasteiger partial charge is 0.338 e. The normalized spacial score (nSPS) is 10.8. The molecule has 4 nitrogen and oxygen atoms in total. The molecule has 0 radical (unpaired) electrons. The smallest absolute Gasteiger partial charge is 0.157 e. The highest BCUT2D eigenvalue weighted by molar-refractivity contribution is 5.59. The van der Waals surface area contributed by atoms with Gasteiger partial charge in [-0.1, -0.05) is 6.07 Å². The summed E-state index contributed by atoms with van der Waals surface area (Å²) in [4.78, 5) is 4.15. The first-order valence-electron chi connectivity index (χ1n) is 5.56. The molecule has 0 aliphatic carbocycles. The maximum absolute atomic E-state index is 13.8. The van der Waals surface area contributed by atoms with Gasteiger partial charge in [0.1, 0.15) is 11.6 Å². The number of nitrogens with one attached hydrogen (secondary N) is 1. The van der Waals surface area contributed by atoms with Gasteiger partial charge in [-0.2, -0.15) is 9.61 Å². The minimum atomic E-state index is -0.285. The van der Waals surface area contributed by atoms with Gasteiger partial charge in [-0.15, -0.1) is 0 Å². The zero-order valence-electron chi connectivity index (χ0n) is 9.76. The van der Waals surface area contributed by atoms with Crippen LogP contribution in [0.5, 0.6) is 0 Å². The summed E-state index contributed by atoms with van der Waals surface area (Å²) in [6.45, 7) is 1.85. The molecule has 0 aliphatic heterocycles. The van der Waals surface area contributed by atoms with Crippen LogP contribution in [0, 0.1) is 12.7 Å². The van der Waals surface area contributed by atoms with E-state index in [4.69, 9.17) is 0 Å². The Morgan fingerprint density at radius 1 is 1.17 bits per heavy atom. The van der Waals surface area contributed by atoms with E-state index in [0.29, 0.717) is 17.2 Å². The molecule has 3 aromatic rings. The van der Waals surface area contributed by atoms with Crippen molar-refractivity contribution in [3.05, 3.63) is 54.1 Å². The van der Waals surface area contributed by atoms with E-state index >= 15 is 0 Å². The molecular formula is C13H11FN4. The van der Waals surface area contributed by atoms with Crippen LogP contribution in [0.1, 0.15) is 5.56 Å². The Labute approximate surface area is 103 Å². The number of nitrogens with zero attached hydrogens (tertiary/aromatic N) is 3. The van der Waals surface area contributed by atoms with Crippen LogP contribution in [0.2, 0.25) is 0 Å². The highest BCUT2D eigenvalue weighted by Gasteiger charge is 2.06. The van der Waals surface area contributed by atoms with Crippen molar-refractivity contribution in [1.29, 1.82) is 0 Å². The van der Waals surface area contributed by atoms with Crippen molar-refractivity contribution in [2.75, 3.05) is 5.32 Å². The molecule has 3 rings (SSSR count). The van der Waals surface area contributed by atoms with Crippen LogP contribution < -0.4 is 5.32 Å². The third kappa shape index (κ3) is 1.79. The van der Waals surface area contributed by atoms with Crippen LogP contribution >= 0.6 is 0 Å². The summed E-state index contributed by atoms with van der Waals surface area (Å²) in [6, 6.07) is 8.59. The van der Waals surface area contributed by atoms with Gasteiger partial charge < -0.3 is 5.32 Å². The molecule has 0 spiro atoms. The van der Waals surface area contributed by atoms with Crippen LogP contribution in [-0.4, -0.2) is 14.6 Å². The predicted octanol–water partition coefficient (Wildman–Crippen LogP) is 2.92. The van der Waals surface area contributed by atoms with Gasteiger partial charge >= 0.3 is 0 Å². The molecule has 0 amide bonds. The van der Waals surface area contributed by atoms with Gasteiger partial charge in [0.2, 0.25) is 0 Å². The first-order chi connectivity index (χ1) is 8.74. The topological polar surface area (TPSA) is 42.2 Å². The molecule has 1 N–H and O–H groups in total. The number of aromatic nitrogens is 3. The third-order valence-electron chi connectivity index (χ3n) is 2.68. The summed E-state index contributed by atoms with van der Waals surface area (Å²) in [5.74, 6) is 0.389. The van der Waals surface area contributed by atoms with E-state index in [-0.39, 0.29) is 5.82 Å². The molecule has 5 heteroatoms. The minimum Gasteiger partial charge on any atom is -0.338 e. The fraction of sp³-hybridized carbons (Fsp3) is 0.0769. The fourth-order valence-corrected chi connectivity index (χ4v) is 1.79. The Bertz CT molecular complexity index is 705. The molecule has 18 heavy (non-hydrogen) atoms. The summed E-state index contributed by atoms with van der Waals surface area (Å²) >= 11 is 0. The van der Waals surface area contributed by atoms with Gasteiger partial charge in [0.15, 0.2) is 5.65 Å². The standard InChI is InChI=1S/C13H11FN4/c1-9-2-3-11(10(14)8-9)17-13-4-6-15-12-5-7-16-18(12)13/h2-8,17H,1H3. The van der Waals surface area contributed by atoms with Crippen LogP contribution in [-0.2, 0) is 0 Å².